The molecule has 0 bridgehead atoms. The van der Waals surface area contributed by atoms with Gasteiger partial charge >= 0.3 is 0 Å². The molecule has 3 rings (SSSR count). The molecule has 2 aromatic rings. The molecule has 1 aliphatic rings. The SMILES string of the molecule is COc1c(C(C)C)cc(C=C2C(=O)Nc3ccc(C)cc32)cc1C(C)C. The van der Waals surface area contributed by atoms with Crippen LogP contribution in [-0.4, -0.2) is 13.0 Å². The third-order valence-corrected chi connectivity index (χ3v) is 4.89. The first-order valence-electron chi connectivity index (χ1n) is 9.17. The molecule has 2 aromatic carbocycles. The first-order valence-corrected chi connectivity index (χ1v) is 9.17. The lowest BCUT2D eigenvalue weighted by atomic mass is 9.90. The molecular formula is C23H27NO2. The lowest BCUT2D eigenvalue weighted by molar-refractivity contribution is -0.110. The first kappa shape index (κ1) is 18.2. The van der Waals surface area contributed by atoms with Crippen LogP contribution in [0.4, 0.5) is 5.69 Å². The van der Waals surface area contributed by atoms with Crippen molar-refractivity contribution >= 4 is 23.2 Å². The van der Waals surface area contributed by atoms with Crippen LogP contribution in [0.15, 0.2) is 30.3 Å². The predicted octanol–water partition coefficient (Wildman–Crippen LogP) is 5.74. The van der Waals surface area contributed by atoms with Gasteiger partial charge in [0.05, 0.1) is 7.11 Å². The van der Waals surface area contributed by atoms with Gasteiger partial charge in [0.15, 0.2) is 0 Å². The van der Waals surface area contributed by atoms with Crippen LogP contribution in [0.5, 0.6) is 5.75 Å². The second kappa shape index (κ2) is 6.99. The molecule has 1 heterocycles. The number of carbonyl (C=O) groups excluding carboxylic acids is 1. The number of rotatable bonds is 4. The standard InChI is InChI=1S/C23H27NO2/c1-13(2)17-10-16(11-18(14(3)4)22(17)26-6)12-20-19-9-15(5)7-8-21(19)24-23(20)25/h7-14H,1-6H3,(H,24,25). The monoisotopic (exact) mass is 349 g/mol. The van der Waals surface area contributed by atoms with Gasteiger partial charge in [-0.15, -0.1) is 0 Å². The van der Waals surface area contributed by atoms with E-state index in [1.165, 1.54) is 11.1 Å². The van der Waals surface area contributed by atoms with Crippen molar-refractivity contribution in [3.05, 3.63) is 58.1 Å². The Bertz CT molecular complexity index is 862. The minimum absolute atomic E-state index is 0.0430. The summed E-state index contributed by atoms with van der Waals surface area (Å²) in [6.07, 6.45) is 2.00. The highest BCUT2D eigenvalue weighted by Crippen LogP contribution is 2.38. The maximum Gasteiger partial charge on any atom is 0.256 e. The molecule has 26 heavy (non-hydrogen) atoms. The number of aryl methyl sites for hydroxylation is 1. The fraction of sp³-hybridized carbons (Fsp3) is 0.348. The Kier molecular flexibility index (Phi) is 4.90. The predicted molar refractivity (Wildman–Crippen MR) is 109 cm³/mol. The highest BCUT2D eigenvalue weighted by atomic mass is 16.5. The number of methoxy groups -OCH3 is 1. The second-order valence-electron chi connectivity index (χ2n) is 7.60. The van der Waals surface area contributed by atoms with Crippen molar-refractivity contribution in [3.8, 4) is 5.75 Å². The first-order chi connectivity index (χ1) is 12.3. The van der Waals surface area contributed by atoms with Gasteiger partial charge in [0, 0.05) is 16.8 Å². The lowest BCUT2D eigenvalue weighted by Crippen LogP contribution is -2.04. The number of hydrogen-bond donors (Lipinski definition) is 1. The van der Waals surface area contributed by atoms with Crippen LogP contribution < -0.4 is 10.1 Å². The number of nitrogens with one attached hydrogen (secondary N) is 1. The zero-order valence-electron chi connectivity index (χ0n) is 16.4. The second-order valence-corrected chi connectivity index (χ2v) is 7.60. The van der Waals surface area contributed by atoms with Crippen LogP contribution in [0, 0.1) is 6.92 Å². The molecule has 0 aliphatic carbocycles. The maximum absolute atomic E-state index is 12.5. The molecule has 0 aromatic heterocycles. The third kappa shape index (κ3) is 3.26. The van der Waals surface area contributed by atoms with E-state index in [2.05, 4.69) is 51.2 Å². The summed E-state index contributed by atoms with van der Waals surface area (Å²) >= 11 is 0. The summed E-state index contributed by atoms with van der Waals surface area (Å²) in [4.78, 5) is 12.5. The Morgan fingerprint density at radius 1 is 1.00 bits per heavy atom. The molecule has 1 aliphatic heterocycles. The zero-order valence-corrected chi connectivity index (χ0v) is 16.4. The number of fused-ring (bicyclic) bond motifs is 1. The topological polar surface area (TPSA) is 38.3 Å². The van der Waals surface area contributed by atoms with E-state index >= 15 is 0 Å². The van der Waals surface area contributed by atoms with Crippen LogP contribution in [0.1, 0.15) is 67.3 Å². The summed E-state index contributed by atoms with van der Waals surface area (Å²) in [5.41, 5.74) is 7.11. The molecule has 0 radical (unpaired) electrons. The summed E-state index contributed by atoms with van der Waals surface area (Å²) in [5, 5.41) is 2.96. The molecule has 3 heteroatoms. The summed E-state index contributed by atoms with van der Waals surface area (Å²) in [6.45, 7) is 10.7. The Balaban J connectivity index is 2.18. The maximum atomic E-state index is 12.5. The highest BCUT2D eigenvalue weighted by Gasteiger charge is 2.24. The van der Waals surface area contributed by atoms with Crippen molar-refractivity contribution in [1.82, 2.24) is 0 Å². The van der Waals surface area contributed by atoms with E-state index in [4.69, 9.17) is 4.74 Å². The van der Waals surface area contributed by atoms with Gasteiger partial charge in [-0.2, -0.15) is 0 Å². The van der Waals surface area contributed by atoms with Crippen molar-refractivity contribution in [2.75, 3.05) is 12.4 Å². The fourth-order valence-electron chi connectivity index (χ4n) is 3.49. The minimum atomic E-state index is -0.0430. The Hall–Kier alpha value is -2.55. The molecule has 136 valence electrons. The van der Waals surface area contributed by atoms with Gasteiger partial charge in [-0.1, -0.05) is 39.3 Å². The van der Waals surface area contributed by atoms with Crippen molar-refractivity contribution < 1.29 is 9.53 Å². The van der Waals surface area contributed by atoms with E-state index in [-0.39, 0.29) is 5.91 Å². The average Bonchev–Trinajstić information content (AvgIpc) is 2.89. The molecule has 0 unspecified atom stereocenters. The quantitative estimate of drug-likeness (QED) is 0.714. The molecule has 3 nitrogen and oxygen atoms in total. The van der Waals surface area contributed by atoms with Crippen LogP contribution in [0.25, 0.3) is 11.6 Å². The van der Waals surface area contributed by atoms with Gasteiger partial charge in [-0.3, -0.25) is 4.79 Å². The van der Waals surface area contributed by atoms with E-state index in [9.17, 15) is 4.79 Å². The smallest absolute Gasteiger partial charge is 0.256 e. The summed E-state index contributed by atoms with van der Waals surface area (Å²) in [6, 6.07) is 10.3. The van der Waals surface area contributed by atoms with Crippen LogP contribution in [-0.2, 0) is 4.79 Å². The van der Waals surface area contributed by atoms with Gasteiger partial charge < -0.3 is 10.1 Å². The van der Waals surface area contributed by atoms with E-state index in [0.717, 1.165) is 33.7 Å². The van der Waals surface area contributed by atoms with Gasteiger partial charge in [0.2, 0.25) is 0 Å². The number of anilines is 1. The normalized spacial score (nSPS) is 14.9. The number of hydrogen-bond acceptors (Lipinski definition) is 2. The molecule has 1 amide bonds. The largest absolute Gasteiger partial charge is 0.496 e. The van der Waals surface area contributed by atoms with Crippen molar-refractivity contribution in [1.29, 1.82) is 0 Å². The molecular weight excluding hydrogens is 322 g/mol. The van der Waals surface area contributed by atoms with Gasteiger partial charge in [-0.25, -0.2) is 0 Å². The van der Waals surface area contributed by atoms with Crippen molar-refractivity contribution in [2.24, 2.45) is 0 Å². The molecule has 0 saturated heterocycles. The van der Waals surface area contributed by atoms with E-state index in [0.29, 0.717) is 11.8 Å². The van der Waals surface area contributed by atoms with Crippen LogP contribution in [0.3, 0.4) is 0 Å². The number of amides is 1. The molecule has 1 N–H and O–H groups in total. The molecule has 0 atom stereocenters. The van der Waals surface area contributed by atoms with Gasteiger partial charge in [0.1, 0.15) is 5.75 Å². The average molecular weight is 349 g/mol. The Morgan fingerprint density at radius 2 is 1.62 bits per heavy atom. The number of ether oxygens (including phenoxy) is 1. The van der Waals surface area contributed by atoms with E-state index in [1.807, 2.05) is 25.1 Å². The number of carbonyl (C=O) groups is 1. The highest BCUT2D eigenvalue weighted by molar-refractivity contribution is 6.34. The zero-order chi connectivity index (χ0) is 19.0. The summed E-state index contributed by atoms with van der Waals surface area (Å²) < 4.78 is 5.72. The van der Waals surface area contributed by atoms with E-state index < -0.39 is 0 Å². The van der Waals surface area contributed by atoms with Crippen LogP contribution >= 0.6 is 0 Å². The summed E-state index contributed by atoms with van der Waals surface area (Å²) in [7, 11) is 1.73. The fourth-order valence-corrected chi connectivity index (χ4v) is 3.49. The summed E-state index contributed by atoms with van der Waals surface area (Å²) in [5.74, 6) is 1.60. The van der Waals surface area contributed by atoms with Crippen molar-refractivity contribution in [2.45, 2.75) is 46.5 Å². The third-order valence-electron chi connectivity index (χ3n) is 4.89. The Labute approximate surface area is 156 Å². The molecule has 0 spiro atoms. The van der Waals surface area contributed by atoms with Gasteiger partial charge in [0.25, 0.3) is 5.91 Å². The van der Waals surface area contributed by atoms with Gasteiger partial charge in [-0.05, 0) is 65.8 Å². The van der Waals surface area contributed by atoms with E-state index in [1.54, 1.807) is 7.11 Å². The van der Waals surface area contributed by atoms with Crippen LogP contribution in [0.2, 0.25) is 0 Å². The number of benzene rings is 2. The van der Waals surface area contributed by atoms with Crippen molar-refractivity contribution in [3.63, 3.8) is 0 Å². The lowest BCUT2D eigenvalue weighted by Gasteiger charge is -2.19. The molecule has 0 fully saturated rings. The molecule has 0 saturated carbocycles. The Morgan fingerprint density at radius 3 is 2.15 bits per heavy atom. The minimum Gasteiger partial charge on any atom is -0.496 e.